The lowest BCUT2D eigenvalue weighted by Crippen LogP contribution is -2.18. The summed E-state index contributed by atoms with van der Waals surface area (Å²) in [5.41, 5.74) is 1.80. The van der Waals surface area contributed by atoms with E-state index >= 15 is 0 Å². The molecule has 0 aliphatic heterocycles. The van der Waals surface area contributed by atoms with Crippen LogP contribution in [0.4, 0.5) is 0 Å². The van der Waals surface area contributed by atoms with Crippen LogP contribution in [0, 0.1) is 12.8 Å². The number of ether oxygens (including phenoxy) is 1. The lowest BCUT2D eigenvalue weighted by atomic mass is 9.83. The molecular formula is C20H21ClO2. The predicted octanol–water partition coefficient (Wildman–Crippen LogP) is 6.20. The largest absolute Gasteiger partial charge is 0.457 e. The number of rotatable bonds is 4. The summed E-state index contributed by atoms with van der Waals surface area (Å²) in [5.74, 6) is 1.79. The summed E-state index contributed by atoms with van der Waals surface area (Å²) < 4.78 is 5.86. The van der Waals surface area contributed by atoms with Gasteiger partial charge in [-0.25, -0.2) is 0 Å². The highest BCUT2D eigenvalue weighted by atomic mass is 35.5. The molecule has 0 unspecified atom stereocenters. The van der Waals surface area contributed by atoms with Crippen molar-refractivity contribution in [3.8, 4) is 11.5 Å². The Balaban J connectivity index is 1.82. The molecule has 0 atom stereocenters. The van der Waals surface area contributed by atoms with Crippen LogP contribution in [0.2, 0.25) is 5.02 Å². The highest BCUT2D eigenvalue weighted by Crippen LogP contribution is 2.31. The first-order valence-electron chi connectivity index (χ1n) is 8.22. The van der Waals surface area contributed by atoms with Crippen molar-refractivity contribution in [1.82, 2.24) is 0 Å². The average molecular weight is 329 g/mol. The predicted molar refractivity (Wildman–Crippen MR) is 93.6 cm³/mol. The van der Waals surface area contributed by atoms with Crippen molar-refractivity contribution in [1.29, 1.82) is 0 Å². The summed E-state index contributed by atoms with van der Waals surface area (Å²) in [6.07, 6.45) is 5.60. The molecule has 0 heterocycles. The van der Waals surface area contributed by atoms with Crippen molar-refractivity contribution in [2.45, 2.75) is 39.0 Å². The summed E-state index contributed by atoms with van der Waals surface area (Å²) in [7, 11) is 0. The first-order valence-corrected chi connectivity index (χ1v) is 8.59. The molecule has 0 aromatic heterocycles. The van der Waals surface area contributed by atoms with Crippen LogP contribution in [0.1, 0.15) is 48.0 Å². The second-order valence-corrected chi connectivity index (χ2v) is 6.67. The van der Waals surface area contributed by atoms with E-state index in [9.17, 15) is 4.79 Å². The molecule has 2 aromatic carbocycles. The molecule has 23 heavy (non-hydrogen) atoms. The molecule has 3 heteroatoms. The number of benzene rings is 2. The Hall–Kier alpha value is -1.80. The number of ketones is 1. The minimum Gasteiger partial charge on any atom is -0.457 e. The van der Waals surface area contributed by atoms with Gasteiger partial charge < -0.3 is 4.74 Å². The van der Waals surface area contributed by atoms with Gasteiger partial charge in [0.25, 0.3) is 0 Å². The van der Waals surface area contributed by atoms with Gasteiger partial charge in [0.05, 0.1) is 0 Å². The quantitative estimate of drug-likeness (QED) is 0.624. The van der Waals surface area contributed by atoms with Gasteiger partial charge in [-0.3, -0.25) is 4.79 Å². The fraction of sp³-hybridized carbons (Fsp3) is 0.350. The molecule has 120 valence electrons. The number of Topliss-reactive ketones (excluding diaryl/α,β-unsaturated/α-hetero) is 1. The van der Waals surface area contributed by atoms with Crippen LogP contribution in [-0.2, 0) is 0 Å². The molecule has 0 bridgehead atoms. The standard InChI is InChI=1S/C20H21ClO2/c1-14-10-11-18(23-17-9-5-8-16(21)12-17)13-19(14)20(22)15-6-3-2-4-7-15/h5,8-13,15H,2-4,6-7H2,1H3. The van der Waals surface area contributed by atoms with E-state index in [0.717, 1.165) is 36.8 Å². The Morgan fingerprint density at radius 1 is 1.04 bits per heavy atom. The maximum absolute atomic E-state index is 12.8. The van der Waals surface area contributed by atoms with E-state index in [1.807, 2.05) is 43.3 Å². The van der Waals surface area contributed by atoms with Gasteiger partial charge in [-0.2, -0.15) is 0 Å². The molecule has 0 N–H and O–H groups in total. The van der Waals surface area contributed by atoms with Crippen molar-refractivity contribution >= 4 is 17.4 Å². The Labute approximate surface area is 142 Å². The minimum absolute atomic E-state index is 0.170. The Morgan fingerprint density at radius 2 is 1.78 bits per heavy atom. The number of hydrogen-bond acceptors (Lipinski definition) is 2. The van der Waals surface area contributed by atoms with Crippen molar-refractivity contribution < 1.29 is 9.53 Å². The zero-order valence-electron chi connectivity index (χ0n) is 13.3. The Bertz CT molecular complexity index is 703. The molecule has 0 spiro atoms. The van der Waals surface area contributed by atoms with E-state index < -0.39 is 0 Å². The van der Waals surface area contributed by atoms with E-state index in [1.54, 1.807) is 6.07 Å². The zero-order valence-corrected chi connectivity index (χ0v) is 14.1. The SMILES string of the molecule is Cc1ccc(Oc2cccc(Cl)c2)cc1C(=O)C1CCCCC1. The second-order valence-electron chi connectivity index (χ2n) is 6.24. The van der Waals surface area contributed by atoms with Crippen LogP contribution in [0.25, 0.3) is 0 Å². The zero-order chi connectivity index (χ0) is 16.2. The molecule has 0 saturated heterocycles. The lowest BCUT2D eigenvalue weighted by Gasteiger charge is -2.21. The number of carbonyl (C=O) groups is 1. The average Bonchev–Trinajstić information content (AvgIpc) is 2.57. The van der Waals surface area contributed by atoms with Crippen LogP contribution in [-0.4, -0.2) is 5.78 Å². The Kier molecular flexibility index (Phi) is 5.02. The minimum atomic E-state index is 0.170. The van der Waals surface area contributed by atoms with Gasteiger partial charge in [-0.15, -0.1) is 0 Å². The van der Waals surface area contributed by atoms with E-state index in [1.165, 1.54) is 6.42 Å². The monoisotopic (exact) mass is 328 g/mol. The third-order valence-electron chi connectivity index (χ3n) is 4.48. The molecule has 0 amide bonds. The smallest absolute Gasteiger partial charge is 0.166 e. The number of carbonyl (C=O) groups excluding carboxylic acids is 1. The molecule has 2 aromatic rings. The van der Waals surface area contributed by atoms with E-state index in [2.05, 4.69) is 0 Å². The van der Waals surface area contributed by atoms with E-state index in [0.29, 0.717) is 16.5 Å². The van der Waals surface area contributed by atoms with Crippen LogP contribution in [0.3, 0.4) is 0 Å². The van der Waals surface area contributed by atoms with Crippen molar-refractivity contribution in [3.05, 3.63) is 58.6 Å². The van der Waals surface area contributed by atoms with E-state index in [-0.39, 0.29) is 11.7 Å². The Morgan fingerprint density at radius 3 is 2.52 bits per heavy atom. The molecular weight excluding hydrogens is 308 g/mol. The topological polar surface area (TPSA) is 26.3 Å². The van der Waals surface area contributed by atoms with Gasteiger partial charge in [-0.1, -0.05) is 43.0 Å². The van der Waals surface area contributed by atoms with Gasteiger partial charge in [-0.05, 0) is 55.7 Å². The van der Waals surface area contributed by atoms with Crippen LogP contribution in [0.15, 0.2) is 42.5 Å². The van der Waals surface area contributed by atoms with Crippen molar-refractivity contribution in [2.75, 3.05) is 0 Å². The first kappa shape index (κ1) is 16.1. The van der Waals surface area contributed by atoms with Crippen molar-refractivity contribution in [2.24, 2.45) is 5.92 Å². The second kappa shape index (κ2) is 7.18. The molecule has 0 radical (unpaired) electrons. The van der Waals surface area contributed by atoms with Crippen LogP contribution < -0.4 is 4.74 Å². The fourth-order valence-electron chi connectivity index (χ4n) is 3.18. The molecule has 1 aliphatic carbocycles. The fourth-order valence-corrected chi connectivity index (χ4v) is 3.36. The summed E-state index contributed by atoms with van der Waals surface area (Å²) in [6, 6.07) is 13.0. The molecule has 3 rings (SSSR count). The van der Waals surface area contributed by atoms with Gasteiger partial charge in [0.15, 0.2) is 5.78 Å². The van der Waals surface area contributed by atoms with Gasteiger partial charge in [0.2, 0.25) is 0 Å². The van der Waals surface area contributed by atoms with E-state index in [4.69, 9.17) is 16.3 Å². The summed E-state index contributed by atoms with van der Waals surface area (Å²) in [5, 5.41) is 0.633. The van der Waals surface area contributed by atoms with Gasteiger partial charge in [0.1, 0.15) is 11.5 Å². The van der Waals surface area contributed by atoms with Crippen molar-refractivity contribution in [3.63, 3.8) is 0 Å². The molecule has 1 aliphatic rings. The molecule has 1 saturated carbocycles. The number of hydrogen-bond donors (Lipinski definition) is 0. The normalized spacial score (nSPS) is 15.4. The van der Waals surface area contributed by atoms with Gasteiger partial charge in [0, 0.05) is 16.5 Å². The highest BCUT2D eigenvalue weighted by molar-refractivity contribution is 6.30. The first-order chi connectivity index (χ1) is 11.1. The summed E-state index contributed by atoms with van der Waals surface area (Å²) in [4.78, 5) is 12.8. The third-order valence-corrected chi connectivity index (χ3v) is 4.72. The molecule has 1 fully saturated rings. The lowest BCUT2D eigenvalue weighted by molar-refractivity contribution is 0.0888. The highest BCUT2D eigenvalue weighted by Gasteiger charge is 2.23. The summed E-state index contributed by atoms with van der Waals surface area (Å²) in [6.45, 7) is 1.99. The summed E-state index contributed by atoms with van der Waals surface area (Å²) >= 11 is 5.99. The maximum Gasteiger partial charge on any atom is 0.166 e. The van der Waals surface area contributed by atoms with Crippen LogP contribution >= 0.6 is 11.6 Å². The number of halogens is 1. The maximum atomic E-state index is 12.8. The third kappa shape index (κ3) is 3.94. The van der Waals surface area contributed by atoms with Crippen LogP contribution in [0.5, 0.6) is 11.5 Å². The van der Waals surface area contributed by atoms with Gasteiger partial charge >= 0.3 is 0 Å². The molecule has 2 nitrogen and oxygen atoms in total. The number of aryl methyl sites for hydroxylation is 1.